The Morgan fingerprint density at radius 3 is 2.53 bits per heavy atom. The predicted octanol–water partition coefficient (Wildman–Crippen LogP) is 1.62. The lowest BCUT2D eigenvalue weighted by Gasteiger charge is -2.15. The molecule has 0 fully saturated rings. The van der Waals surface area contributed by atoms with Gasteiger partial charge in [0.1, 0.15) is 17.1 Å². The third-order valence-electron chi connectivity index (χ3n) is 1.98. The van der Waals surface area contributed by atoms with Gasteiger partial charge >= 0.3 is 5.97 Å². The Kier molecular flexibility index (Phi) is 4.28. The molecule has 17 heavy (non-hydrogen) atoms. The summed E-state index contributed by atoms with van der Waals surface area (Å²) < 4.78 is 10.3. The molecule has 0 heterocycles. The first kappa shape index (κ1) is 13.2. The third-order valence-corrected chi connectivity index (χ3v) is 2.43. The van der Waals surface area contributed by atoms with Crippen molar-refractivity contribution in [2.45, 2.75) is 0 Å². The molecule has 0 saturated carbocycles. The van der Waals surface area contributed by atoms with Gasteiger partial charge in [-0.25, -0.2) is 4.79 Å². The number of hydrogen-bond acceptors (Lipinski definition) is 4. The molecule has 0 amide bonds. The van der Waals surface area contributed by atoms with Crippen molar-refractivity contribution in [3.05, 3.63) is 23.8 Å². The van der Waals surface area contributed by atoms with Crippen molar-refractivity contribution in [1.29, 1.82) is 0 Å². The minimum Gasteiger partial charge on any atom is -0.497 e. The van der Waals surface area contributed by atoms with Gasteiger partial charge in [0.15, 0.2) is 0 Å². The largest absolute Gasteiger partial charge is 0.497 e. The molecule has 0 atom stereocenters. The summed E-state index contributed by atoms with van der Waals surface area (Å²) in [4.78, 5) is 12.6. The van der Waals surface area contributed by atoms with Crippen LogP contribution in [-0.4, -0.2) is 42.4 Å². The number of nitrogens with zero attached hydrogens (tertiary/aromatic N) is 1. The summed E-state index contributed by atoms with van der Waals surface area (Å²) in [5, 5.41) is 9.18. The van der Waals surface area contributed by atoms with Gasteiger partial charge in [-0.3, -0.25) is 0 Å². The minimum atomic E-state index is -1.08. The van der Waals surface area contributed by atoms with Crippen LogP contribution in [0.4, 0.5) is 0 Å². The van der Waals surface area contributed by atoms with Gasteiger partial charge in [-0.05, 0) is 24.4 Å². The first-order chi connectivity index (χ1) is 7.95. The Balaban J connectivity index is 3.09. The number of carboxylic acid groups (broad SMARTS) is 1. The highest BCUT2D eigenvalue weighted by Crippen LogP contribution is 2.25. The van der Waals surface area contributed by atoms with Crippen LogP contribution in [0.25, 0.3) is 0 Å². The molecule has 0 aliphatic heterocycles. The maximum absolute atomic E-state index is 11.0. The van der Waals surface area contributed by atoms with E-state index in [4.69, 9.17) is 26.8 Å². The summed E-state index contributed by atoms with van der Waals surface area (Å²) in [5.74, 6) is -0.411. The third kappa shape index (κ3) is 3.32. The Morgan fingerprint density at radius 2 is 2.06 bits per heavy atom. The Hall–Kier alpha value is -1.82. The quantitative estimate of drug-likeness (QED) is 0.828. The monoisotopic (exact) mass is 255 g/mol. The van der Waals surface area contributed by atoms with Crippen molar-refractivity contribution in [1.82, 2.24) is 4.90 Å². The minimum absolute atomic E-state index is 0.0370. The van der Waals surface area contributed by atoms with Crippen molar-refractivity contribution in [3.63, 3.8) is 0 Å². The molecule has 0 aromatic heterocycles. The summed E-state index contributed by atoms with van der Waals surface area (Å²) in [6.07, 6.45) is 0. The standard InChI is InChI=1S/C11H13NO4S/c1-12(2)11(17)16-9-6-7(15-3)4-5-8(9)10(13)14/h4-6H,1-3H3,(H,13,14). The molecule has 0 aliphatic carbocycles. The number of benzene rings is 1. The van der Waals surface area contributed by atoms with Gasteiger partial charge in [0.2, 0.25) is 0 Å². The zero-order valence-corrected chi connectivity index (χ0v) is 10.6. The number of hydrogen-bond donors (Lipinski definition) is 1. The van der Waals surface area contributed by atoms with Crippen LogP contribution in [-0.2, 0) is 0 Å². The fourth-order valence-electron chi connectivity index (χ4n) is 1.08. The first-order valence-electron chi connectivity index (χ1n) is 4.76. The average molecular weight is 255 g/mol. The van der Waals surface area contributed by atoms with E-state index in [0.717, 1.165) is 0 Å². The first-order valence-corrected chi connectivity index (χ1v) is 5.17. The van der Waals surface area contributed by atoms with Crippen molar-refractivity contribution in [3.8, 4) is 11.5 Å². The molecule has 0 aliphatic rings. The fourth-order valence-corrected chi connectivity index (χ4v) is 1.17. The lowest BCUT2D eigenvalue weighted by atomic mass is 10.2. The highest BCUT2D eigenvalue weighted by atomic mass is 32.1. The normalized spacial score (nSPS) is 9.59. The second kappa shape index (κ2) is 5.49. The van der Waals surface area contributed by atoms with Crippen LogP contribution in [0.5, 0.6) is 11.5 Å². The second-order valence-corrected chi connectivity index (χ2v) is 3.78. The Morgan fingerprint density at radius 1 is 1.41 bits per heavy atom. The van der Waals surface area contributed by atoms with E-state index in [0.29, 0.717) is 5.75 Å². The maximum atomic E-state index is 11.0. The lowest BCUT2D eigenvalue weighted by molar-refractivity contribution is 0.0694. The van der Waals surface area contributed by atoms with Crippen LogP contribution in [0.1, 0.15) is 10.4 Å². The van der Waals surface area contributed by atoms with E-state index < -0.39 is 5.97 Å². The SMILES string of the molecule is COc1ccc(C(=O)O)c(OC(=S)N(C)C)c1. The zero-order valence-electron chi connectivity index (χ0n) is 9.76. The van der Waals surface area contributed by atoms with Crippen LogP contribution < -0.4 is 9.47 Å². The van der Waals surface area contributed by atoms with Crippen LogP contribution in [0.2, 0.25) is 0 Å². The Bertz CT molecular complexity index is 445. The molecule has 6 heteroatoms. The summed E-state index contributed by atoms with van der Waals surface area (Å²) in [7, 11) is 4.91. The van der Waals surface area contributed by atoms with Crippen LogP contribution in [0, 0.1) is 0 Å². The molecule has 0 radical (unpaired) electrons. The van der Waals surface area contributed by atoms with Crippen LogP contribution >= 0.6 is 12.2 Å². The molecule has 1 aromatic rings. The van der Waals surface area contributed by atoms with Gasteiger partial charge < -0.3 is 19.5 Å². The van der Waals surface area contributed by atoms with E-state index in [9.17, 15) is 4.79 Å². The van der Waals surface area contributed by atoms with Gasteiger partial charge in [-0.15, -0.1) is 0 Å². The van der Waals surface area contributed by atoms with Gasteiger partial charge in [-0.1, -0.05) is 0 Å². The number of methoxy groups -OCH3 is 1. The van der Waals surface area contributed by atoms with Crippen molar-refractivity contribution in [2.24, 2.45) is 0 Å². The van der Waals surface area contributed by atoms with Crippen molar-refractivity contribution < 1.29 is 19.4 Å². The lowest BCUT2D eigenvalue weighted by Crippen LogP contribution is -2.25. The number of aromatic carboxylic acids is 1. The molecule has 0 bridgehead atoms. The molecule has 0 saturated heterocycles. The average Bonchev–Trinajstić information content (AvgIpc) is 2.28. The summed E-state index contributed by atoms with van der Waals surface area (Å²) >= 11 is 4.96. The van der Waals surface area contributed by atoms with Crippen LogP contribution in [0.15, 0.2) is 18.2 Å². The molecule has 1 rings (SSSR count). The van der Waals surface area contributed by atoms with Gasteiger partial charge in [0.05, 0.1) is 7.11 Å². The van der Waals surface area contributed by atoms with Gasteiger partial charge in [0, 0.05) is 20.2 Å². The van der Waals surface area contributed by atoms with Crippen LogP contribution in [0.3, 0.4) is 0 Å². The number of rotatable bonds is 3. The van der Waals surface area contributed by atoms with E-state index in [1.54, 1.807) is 25.1 Å². The van der Waals surface area contributed by atoms with Crippen molar-refractivity contribution >= 4 is 23.4 Å². The van der Waals surface area contributed by atoms with Gasteiger partial charge in [-0.2, -0.15) is 0 Å². The molecule has 1 aromatic carbocycles. The van der Waals surface area contributed by atoms with Gasteiger partial charge in [0.25, 0.3) is 5.17 Å². The molecule has 1 N–H and O–H groups in total. The van der Waals surface area contributed by atoms with E-state index in [-0.39, 0.29) is 16.5 Å². The molecule has 0 spiro atoms. The second-order valence-electron chi connectivity index (χ2n) is 3.43. The predicted molar refractivity (Wildman–Crippen MR) is 66.9 cm³/mol. The molecule has 0 unspecified atom stereocenters. The molecular weight excluding hydrogens is 242 g/mol. The number of ether oxygens (including phenoxy) is 2. The van der Waals surface area contributed by atoms with E-state index in [1.807, 2.05) is 0 Å². The maximum Gasteiger partial charge on any atom is 0.339 e. The zero-order chi connectivity index (χ0) is 13.0. The molecule has 92 valence electrons. The van der Waals surface area contributed by atoms with E-state index >= 15 is 0 Å². The molecule has 5 nitrogen and oxygen atoms in total. The number of thiocarbonyl (C=S) groups is 1. The summed E-state index contributed by atoms with van der Waals surface area (Å²) in [6.45, 7) is 0. The van der Waals surface area contributed by atoms with E-state index in [2.05, 4.69) is 0 Å². The van der Waals surface area contributed by atoms with Crippen molar-refractivity contribution in [2.75, 3.05) is 21.2 Å². The number of carbonyl (C=O) groups is 1. The topological polar surface area (TPSA) is 59.0 Å². The van der Waals surface area contributed by atoms with E-state index in [1.165, 1.54) is 19.2 Å². The Labute approximate surface area is 105 Å². The summed E-state index contributed by atoms with van der Waals surface area (Å²) in [6, 6.07) is 4.45. The summed E-state index contributed by atoms with van der Waals surface area (Å²) in [5.41, 5.74) is 0.0370. The number of carboxylic acids is 1. The fraction of sp³-hybridized carbons (Fsp3) is 0.273. The molecular formula is C11H13NO4S. The smallest absolute Gasteiger partial charge is 0.339 e. The highest BCUT2D eigenvalue weighted by Gasteiger charge is 2.14. The highest BCUT2D eigenvalue weighted by molar-refractivity contribution is 7.80.